The zero-order chi connectivity index (χ0) is 7.73. The smallest absolute Gasteiger partial charge is 0.0864 e. The van der Waals surface area contributed by atoms with Crippen molar-refractivity contribution in [3.8, 4) is 0 Å². The largest absolute Gasteiger partial charge is 0.321 e. The molecule has 2 aliphatic rings. The summed E-state index contributed by atoms with van der Waals surface area (Å²) in [5.74, 6) is 0. The highest BCUT2D eigenvalue weighted by molar-refractivity contribution is 4.66. The number of nitrogens with zero attached hydrogens (tertiary/aromatic N) is 1. The molecule has 0 aromatic carbocycles. The van der Waals surface area contributed by atoms with Crippen molar-refractivity contribution in [3.63, 3.8) is 0 Å². The molecule has 0 amide bonds. The minimum atomic E-state index is 0.982. The summed E-state index contributed by atoms with van der Waals surface area (Å²) < 4.78 is 1.49. The Bertz CT molecular complexity index is 136. The van der Waals surface area contributed by atoms with Crippen LogP contribution in [-0.2, 0) is 0 Å². The molecular formula is C10H20N+. The van der Waals surface area contributed by atoms with Crippen molar-refractivity contribution >= 4 is 0 Å². The molecule has 0 aromatic rings. The molecule has 0 radical (unpaired) electrons. The van der Waals surface area contributed by atoms with E-state index in [1.54, 1.807) is 0 Å². The van der Waals surface area contributed by atoms with Crippen LogP contribution in [0.25, 0.3) is 0 Å². The van der Waals surface area contributed by atoms with Crippen LogP contribution in [0.5, 0.6) is 0 Å². The maximum Gasteiger partial charge on any atom is 0.0864 e. The average molecular weight is 154 g/mol. The first-order chi connectivity index (χ1) is 5.33. The van der Waals surface area contributed by atoms with Gasteiger partial charge in [0.1, 0.15) is 0 Å². The molecule has 1 heteroatoms. The Balaban J connectivity index is 2.06. The lowest BCUT2D eigenvalue weighted by atomic mass is 10.1. The van der Waals surface area contributed by atoms with Crippen LogP contribution in [0.4, 0.5) is 0 Å². The molecule has 1 spiro atoms. The summed E-state index contributed by atoms with van der Waals surface area (Å²) in [6, 6.07) is 0.982. The summed E-state index contributed by atoms with van der Waals surface area (Å²) in [5.41, 5.74) is 0. The zero-order valence-electron chi connectivity index (χ0n) is 7.68. The molecule has 2 saturated heterocycles. The van der Waals surface area contributed by atoms with E-state index < -0.39 is 0 Å². The summed E-state index contributed by atoms with van der Waals surface area (Å²) in [5, 5.41) is 0. The Morgan fingerprint density at radius 2 is 1.55 bits per heavy atom. The fourth-order valence-corrected chi connectivity index (χ4v) is 3.00. The summed E-state index contributed by atoms with van der Waals surface area (Å²) in [6.45, 7) is 6.92. The summed E-state index contributed by atoms with van der Waals surface area (Å²) in [4.78, 5) is 0. The van der Waals surface area contributed by atoms with Crippen molar-refractivity contribution in [1.82, 2.24) is 0 Å². The number of hydrogen-bond donors (Lipinski definition) is 0. The first-order valence-corrected chi connectivity index (χ1v) is 5.19. The normalized spacial score (nSPS) is 36.3. The molecule has 2 heterocycles. The standard InChI is InChI=1S/C10H20N/c1-10-6-5-9-11(10)7-3-2-4-8-11/h10H,2-9H2,1H3/q+1. The molecular weight excluding hydrogens is 134 g/mol. The van der Waals surface area contributed by atoms with E-state index in [-0.39, 0.29) is 0 Å². The molecule has 2 rings (SSSR count). The fourth-order valence-electron chi connectivity index (χ4n) is 3.00. The van der Waals surface area contributed by atoms with Gasteiger partial charge in [-0.1, -0.05) is 0 Å². The van der Waals surface area contributed by atoms with Gasteiger partial charge in [-0.05, 0) is 26.2 Å². The highest BCUT2D eigenvalue weighted by Crippen LogP contribution is 2.31. The molecule has 0 aromatic heterocycles. The summed E-state index contributed by atoms with van der Waals surface area (Å²) in [7, 11) is 0. The molecule has 11 heavy (non-hydrogen) atoms. The van der Waals surface area contributed by atoms with Crippen LogP contribution >= 0.6 is 0 Å². The summed E-state index contributed by atoms with van der Waals surface area (Å²) >= 11 is 0. The third-order valence-corrected chi connectivity index (χ3v) is 3.87. The van der Waals surface area contributed by atoms with Crippen molar-refractivity contribution in [3.05, 3.63) is 0 Å². The zero-order valence-corrected chi connectivity index (χ0v) is 7.68. The molecule has 1 nitrogen and oxygen atoms in total. The van der Waals surface area contributed by atoms with E-state index in [4.69, 9.17) is 0 Å². The van der Waals surface area contributed by atoms with Gasteiger partial charge in [-0.25, -0.2) is 0 Å². The maximum absolute atomic E-state index is 2.46. The third kappa shape index (κ3) is 1.20. The minimum absolute atomic E-state index is 0.982. The minimum Gasteiger partial charge on any atom is -0.321 e. The Morgan fingerprint density at radius 1 is 0.909 bits per heavy atom. The Morgan fingerprint density at radius 3 is 2.09 bits per heavy atom. The molecule has 0 bridgehead atoms. The SMILES string of the molecule is CC1CCC[N+]12CCCCC2. The van der Waals surface area contributed by atoms with Crippen molar-refractivity contribution in [2.75, 3.05) is 19.6 Å². The Kier molecular flexibility index (Phi) is 1.92. The lowest BCUT2D eigenvalue weighted by molar-refractivity contribution is -0.941. The highest BCUT2D eigenvalue weighted by Gasteiger charge is 2.39. The molecule has 2 aliphatic heterocycles. The quantitative estimate of drug-likeness (QED) is 0.469. The molecule has 0 saturated carbocycles. The third-order valence-electron chi connectivity index (χ3n) is 3.87. The molecule has 1 unspecified atom stereocenters. The molecule has 64 valence electrons. The van der Waals surface area contributed by atoms with Crippen molar-refractivity contribution in [2.45, 2.75) is 45.1 Å². The number of piperidine rings is 1. The van der Waals surface area contributed by atoms with Crippen LogP contribution in [0.15, 0.2) is 0 Å². The van der Waals surface area contributed by atoms with E-state index in [0.717, 1.165) is 6.04 Å². The second kappa shape index (κ2) is 2.78. The van der Waals surface area contributed by atoms with Gasteiger partial charge in [0.2, 0.25) is 0 Å². The van der Waals surface area contributed by atoms with Gasteiger partial charge in [0.25, 0.3) is 0 Å². The molecule has 2 fully saturated rings. The van der Waals surface area contributed by atoms with Gasteiger partial charge < -0.3 is 4.48 Å². The monoisotopic (exact) mass is 154 g/mol. The Labute approximate surface area is 70.0 Å². The van der Waals surface area contributed by atoms with Gasteiger partial charge in [0.05, 0.1) is 25.7 Å². The lowest BCUT2D eigenvalue weighted by Crippen LogP contribution is -2.53. The van der Waals surface area contributed by atoms with Gasteiger partial charge >= 0.3 is 0 Å². The van der Waals surface area contributed by atoms with Gasteiger partial charge in [-0.15, -0.1) is 0 Å². The van der Waals surface area contributed by atoms with E-state index in [1.807, 2.05) is 0 Å². The van der Waals surface area contributed by atoms with E-state index >= 15 is 0 Å². The van der Waals surface area contributed by atoms with Gasteiger partial charge in [-0.3, -0.25) is 0 Å². The highest BCUT2D eigenvalue weighted by atomic mass is 15.4. The van der Waals surface area contributed by atoms with Crippen LogP contribution in [0.2, 0.25) is 0 Å². The van der Waals surface area contributed by atoms with E-state index in [1.165, 1.54) is 56.2 Å². The van der Waals surface area contributed by atoms with Gasteiger partial charge in [-0.2, -0.15) is 0 Å². The van der Waals surface area contributed by atoms with E-state index in [0.29, 0.717) is 0 Å². The van der Waals surface area contributed by atoms with Gasteiger partial charge in [0.15, 0.2) is 0 Å². The summed E-state index contributed by atoms with van der Waals surface area (Å²) in [6.07, 6.45) is 7.45. The average Bonchev–Trinajstić information content (AvgIpc) is 2.36. The van der Waals surface area contributed by atoms with E-state index in [9.17, 15) is 0 Å². The van der Waals surface area contributed by atoms with E-state index in [2.05, 4.69) is 6.92 Å². The van der Waals surface area contributed by atoms with Crippen LogP contribution < -0.4 is 0 Å². The predicted octanol–water partition coefficient (Wildman–Crippen LogP) is 2.17. The van der Waals surface area contributed by atoms with Crippen molar-refractivity contribution in [2.24, 2.45) is 0 Å². The van der Waals surface area contributed by atoms with Gasteiger partial charge in [0, 0.05) is 12.8 Å². The van der Waals surface area contributed by atoms with Crippen LogP contribution in [0.1, 0.15) is 39.0 Å². The van der Waals surface area contributed by atoms with Crippen LogP contribution in [0.3, 0.4) is 0 Å². The predicted molar refractivity (Wildman–Crippen MR) is 47.4 cm³/mol. The number of quaternary nitrogens is 1. The number of hydrogen-bond acceptors (Lipinski definition) is 0. The van der Waals surface area contributed by atoms with Crippen LogP contribution in [-0.4, -0.2) is 30.2 Å². The molecule has 0 N–H and O–H groups in total. The topological polar surface area (TPSA) is 0 Å². The van der Waals surface area contributed by atoms with Crippen LogP contribution in [0, 0.1) is 0 Å². The molecule has 1 atom stereocenters. The second-order valence-electron chi connectivity index (χ2n) is 4.44. The fraction of sp³-hybridized carbons (Fsp3) is 1.00. The lowest BCUT2D eigenvalue weighted by Gasteiger charge is -2.41. The first kappa shape index (κ1) is 7.60. The number of rotatable bonds is 0. The Hall–Kier alpha value is -0.0400. The first-order valence-electron chi connectivity index (χ1n) is 5.19. The van der Waals surface area contributed by atoms with Crippen molar-refractivity contribution < 1.29 is 4.48 Å². The second-order valence-corrected chi connectivity index (χ2v) is 4.44. The van der Waals surface area contributed by atoms with Crippen molar-refractivity contribution in [1.29, 1.82) is 0 Å². The maximum atomic E-state index is 2.46. The molecule has 0 aliphatic carbocycles.